The molecular weight excluding hydrogens is 268 g/mol. The van der Waals surface area contributed by atoms with Crippen molar-refractivity contribution in [1.29, 1.82) is 0 Å². The van der Waals surface area contributed by atoms with Gasteiger partial charge in [-0.25, -0.2) is 4.98 Å². The van der Waals surface area contributed by atoms with E-state index in [1.165, 1.54) is 30.1 Å². The van der Waals surface area contributed by atoms with Gasteiger partial charge < -0.3 is 10.2 Å². The second kappa shape index (κ2) is 5.47. The molecule has 4 nitrogen and oxygen atoms in total. The molecule has 0 bridgehead atoms. The van der Waals surface area contributed by atoms with Crippen molar-refractivity contribution in [2.24, 2.45) is 5.92 Å². The van der Waals surface area contributed by atoms with E-state index in [0.29, 0.717) is 12.0 Å². The lowest BCUT2D eigenvalue weighted by atomic mass is 9.94. The number of piperidine rings is 1. The predicted molar refractivity (Wildman–Crippen MR) is 84.4 cm³/mol. The van der Waals surface area contributed by atoms with Gasteiger partial charge in [-0.3, -0.25) is 4.40 Å². The first-order valence-electron chi connectivity index (χ1n) is 7.40. The number of fused-ring (bicyclic) bond motifs is 1. The fourth-order valence-electron chi connectivity index (χ4n) is 3.21. The number of likely N-dealkylation sites (tertiary alicyclic amines) is 1. The zero-order valence-corrected chi connectivity index (χ0v) is 13.6. The Kier molecular flexibility index (Phi) is 3.84. The number of aryl methyl sites for hydroxylation is 2. The molecule has 2 unspecified atom stereocenters. The Balaban J connectivity index is 1.72. The van der Waals surface area contributed by atoms with Crippen molar-refractivity contribution >= 4 is 16.3 Å². The van der Waals surface area contributed by atoms with E-state index in [4.69, 9.17) is 0 Å². The lowest BCUT2D eigenvalue weighted by Crippen LogP contribution is -2.46. The molecule has 3 heterocycles. The number of hydrogen-bond acceptors (Lipinski definition) is 4. The molecule has 110 valence electrons. The Morgan fingerprint density at radius 1 is 1.45 bits per heavy atom. The summed E-state index contributed by atoms with van der Waals surface area (Å²) in [5, 5.41) is 3.75. The molecule has 1 fully saturated rings. The van der Waals surface area contributed by atoms with Gasteiger partial charge in [-0.15, -0.1) is 11.3 Å². The molecule has 2 atom stereocenters. The largest absolute Gasteiger partial charge is 0.308 e. The highest BCUT2D eigenvalue weighted by atomic mass is 32.1. The van der Waals surface area contributed by atoms with Crippen LogP contribution in [0.1, 0.15) is 29.6 Å². The number of aromatic nitrogens is 2. The fourth-order valence-corrected chi connectivity index (χ4v) is 4.10. The van der Waals surface area contributed by atoms with Crippen molar-refractivity contribution < 1.29 is 0 Å². The van der Waals surface area contributed by atoms with Crippen LogP contribution in [0.15, 0.2) is 6.20 Å². The molecule has 0 amide bonds. The van der Waals surface area contributed by atoms with E-state index in [1.807, 2.05) is 0 Å². The van der Waals surface area contributed by atoms with E-state index in [9.17, 15) is 0 Å². The molecule has 3 rings (SSSR count). The SMILES string of the molecule is Cc1cn2c(CNC3CCN(C)CC3C)c(C)nc2s1. The van der Waals surface area contributed by atoms with Crippen LogP contribution in [0.4, 0.5) is 0 Å². The normalized spacial score (nSPS) is 24.6. The van der Waals surface area contributed by atoms with Gasteiger partial charge >= 0.3 is 0 Å². The van der Waals surface area contributed by atoms with Crippen molar-refractivity contribution in [2.75, 3.05) is 20.1 Å². The van der Waals surface area contributed by atoms with Crippen molar-refractivity contribution in [2.45, 2.75) is 39.8 Å². The molecule has 0 spiro atoms. The lowest BCUT2D eigenvalue weighted by molar-refractivity contribution is 0.174. The Labute approximate surface area is 124 Å². The van der Waals surface area contributed by atoms with Gasteiger partial charge in [-0.05, 0) is 39.8 Å². The van der Waals surface area contributed by atoms with Crippen molar-refractivity contribution in [1.82, 2.24) is 19.6 Å². The van der Waals surface area contributed by atoms with Crippen LogP contribution in [0, 0.1) is 19.8 Å². The second-order valence-electron chi connectivity index (χ2n) is 6.15. The lowest BCUT2D eigenvalue weighted by Gasteiger charge is -2.35. The molecule has 2 aromatic rings. The van der Waals surface area contributed by atoms with Crippen LogP contribution in [0.3, 0.4) is 0 Å². The quantitative estimate of drug-likeness (QED) is 0.943. The summed E-state index contributed by atoms with van der Waals surface area (Å²) in [6.07, 6.45) is 3.44. The molecule has 0 aromatic carbocycles. The summed E-state index contributed by atoms with van der Waals surface area (Å²) in [7, 11) is 2.21. The van der Waals surface area contributed by atoms with Gasteiger partial charge in [0.1, 0.15) is 0 Å². The van der Waals surface area contributed by atoms with E-state index in [0.717, 1.165) is 17.2 Å². The van der Waals surface area contributed by atoms with Gasteiger partial charge in [-0.2, -0.15) is 0 Å². The maximum Gasteiger partial charge on any atom is 0.194 e. The first-order chi connectivity index (χ1) is 9.54. The molecular formula is C15H24N4S. The summed E-state index contributed by atoms with van der Waals surface area (Å²) < 4.78 is 2.25. The van der Waals surface area contributed by atoms with Crippen LogP contribution in [0.2, 0.25) is 0 Å². The van der Waals surface area contributed by atoms with Crippen molar-refractivity contribution in [3.05, 3.63) is 22.5 Å². The van der Waals surface area contributed by atoms with Crippen molar-refractivity contribution in [3.8, 4) is 0 Å². The summed E-state index contributed by atoms with van der Waals surface area (Å²) >= 11 is 1.77. The van der Waals surface area contributed by atoms with Crippen LogP contribution < -0.4 is 5.32 Å². The number of imidazole rings is 1. The molecule has 20 heavy (non-hydrogen) atoms. The predicted octanol–water partition coefficient (Wildman–Crippen LogP) is 2.44. The van der Waals surface area contributed by atoms with Crippen LogP contribution in [-0.2, 0) is 6.54 Å². The molecule has 1 N–H and O–H groups in total. The standard InChI is InChI=1S/C15H24N4S/c1-10-8-18(4)6-5-13(10)16-7-14-12(3)17-15-19(14)9-11(2)20-15/h9-10,13,16H,5-8H2,1-4H3. The monoisotopic (exact) mass is 292 g/mol. The van der Waals surface area contributed by atoms with E-state index in [-0.39, 0.29) is 0 Å². The Morgan fingerprint density at radius 3 is 3.00 bits per heavy atom. The number of thiazole rings is 1. The summed E-state index contributed by atoms with van der Waals surface area (Å²) in [6, 6.07) is 0.621. The highest BCUT2D eigenvalue weighted by Gasteiger charge is 2.24. The second-order valence-corrected chi connectivity index (χ2v) is 7.37. The molecule has 1 saturated heterocycles. The van der Waals surface area contributed by atoms with E-state index in [2.05, 4.69) is 53.6 Å². The minimum Gasteiger partial charge on any atom is -0.308 e. The Hall–Kier alpha value is -0.910. The molecule has 0 saturated carbocycles. The van der Waals surface area contributed by atoms with Gasteiger partial charge in [0.05, 0.1) is 11.4 Å². The van der Waals surface area contributed by atoms with Crippen LogP contribution in [0.25, 0.3) is 4.96 Å². The average Bonchev–Trinajstić information content (AvgIpc) is 2.84. The molecule has 0 radical (unpaired) electrons. The summed E-state index contributed by atoms with van der Waals surface area (Å²) in [5.74, 6) is 0.710. The number of nitrogens with zero attached hydrogens (tertiary/aromatic N) is 3. The molecule has 1 aliphatic heterocycles. The van der Waals surface area contributed by atoms with Gasteiger partial charge in [0.15, 0.2) is 4.96 Å². The third-order valence-electron chi connectivity index (χ3n) is 4.38. The van der Waals surface area contributed by atoms with E-state index in [1.54, 1.807) is 11.3 Å². The van der Waals surface area contributed by atoms with Crippen LogP contribution >= 0.6 is 11.3 Å². The average molecular weight is 292 g/mol. The summed E-state index contributed by atoms with van der Waals surface area (Å²) in [5.41, 5.74) is 2.47. The number of hydrogen-bond donors (Lipinski definition) is 1. The first-order valence-corrected chi connectivity index (χ1v) is 8.22. The minimum atomic E-state index is 0.621. The van der Waals surface area contributed by atoms with Gasteiger partial charge in [0, 0.05) is 30.2 Å². The van der Waals surface area contributed by atoms with Crippen LogP contribution in [-0.4, -0.2) is 40.5 Å². The van der Waals surface area contributed by atoms with Crippen molar-refractivity contribution in [3.63, 3.8) is 0 Å². The maximum absolute atomic E-state index is 4.66. The topological polar surface area (TPSA) is 32.6 Å². The zero-order valence-electron chi connectivity index (χ0n) is 12.8. The smallest absolute Gasteiger partial charge is 0.194 e. The fraction of sp³-hybridized carbons (Fsp3) is 0.667. The van der Waals surface area contributed by atoms with Gasteiger partial charge in [0.25, 0.3) is 0 Å². The molecule has 1 aliphatic rings. The van der Waals surface area contributed by atoms with E-state index < -0.39 is 0 Å². The summed E-state index contributed by atoms with van der Waals surface area (Å²) in [6.45, 7) is 9.91. The maximum atomic E-state index is 4.66. The zero-order chi connectivity index (χ0) is 14.3. The van der Waals surface area contributed by atoms with Crippen LogP contribution in [0.5, 0.6) is 0 Å². The highest BCUT2D eigenvalue weighted by molar-refractivity contribution is 7.17. The minimum absolute atomic E-state index is 0.621. The Morgan fingerprint density at radius 2 is 2.25 bits per heavy atom. The molecule has 0 aliphatic carbocycles. The molecule has 5 heteroatoms. The summed E-state index contributed by atoms with van der Waals surface area (Å²) in [4.78, 5) is 9.53. The number of rotatable bonds is 3. The van der Waals surface area contributed by atoms with Gasteiger partial charge in [-0.1, -0.05) is 6.92 Å². The third-order valence-corrected chi connectivity index (χ3v) is 5.28. The third kappa shape index (κ3) is 2.62. The number of nitrogens with one attached hydrogen (secondary N) is 1. The highest BCUT2D eigenvalue weighted by Crippen LogP contribution is 2.21. The van der Waals surface area contributed by atoms with Gasteiger partial charge in [0.2, 0.25) is 0 Å². The Bertz CT molecular complexity index is 600. The van der Waals surface area contributed by atoms with E-state index >= 15 is 0 Å². The molecule has 2 aromatic heterocycles. The first kappa shape index (κ1) is 14.0.